The predicted molar refractivity (Wildman–Crippen MR) is 282 cm³/mol. The average molecular weight is 1020 g/mol. The van der Waals surface area contributed by atoms with Crippen LogP contribution in [0.2, 0.25) is 0 Å². The van der Waals surface area contributed by atoms with Crippen LogP contribution in [0, 0.1) is 0 Å². The molecule has 0 spiro atoms. The lowest BCUT2D eigenvalue weighted by Crippen LogP contribution is -2.65. The van der Waals surface area contributed by atoms with E-state index in [1.165, 1.54) is 186 Å². The molecular formula is C57H111NO13. The van der Waals surface area contributed by atoms with Crippen LogP contribution in [0.3, 0.4) is 0 Å². The van der Waals surface area contributed by atoms with Crippen molar-refractivity contribution in [2.45, 2.75) is 338 Å². The largest absolute Gasteiger partial charge is 0.394 e. The van der Waals surface area contributed by atoms with Gasteiger partial charge in [0, 0.05) is 6.42 Å². The Labute approximate surface area is 432 Å². The second kappa shape index (κ2) is 44.2. The van der Waals surface area contributed by atoms with Gasteiger partial charge in [-0.1, -0.05) is 245 Å². The van der Waals surface area contributed by atoms with Crippen molar-refractivity contribution in [3.8, 4) is 0 Å². The van der Waals surface area contributed by atoms with Gasteiger partial charge < -0.3 is 65.1 Å². The number of unbranched alkanes of at least 4 members (excludes halogenated alkanes) is 35. The smallest absolute Gasteiger partial charge is 0.220 e. The molecule has 2 rings (SSSR count). The minimum Gasteiger partial charge on any atom is -0.394 e. The fourth-order valence-electron chi connectivity index (χ4n) is 10.2. The molecule has 0 aliphatic carbocycles. The van der Waals surface area contributed by atoms with E-state index in [0.717, 1.165) is 51.4 Å². The first-order valence-electron chi connectivity index (χ1n) is 29.8. The van der Waals surface area contributed by atoms with Crippen molar-refractivity contribution < 1.29 is 64.6 Å². The maximum Gasteiger partial charge on any atom is 0.220 e. The van der Waals surface area contributed by atoms with Gasteiger partial charge in [0.15, 0.2) is 12.6 Å². The Balaban J connectivity index is 1.73. The lowest BCUT2D eigenvalue weighted by Gasteiger charge is -2.46. The van der Waals surface area contributed by atoms with Crippen LogP contribution >= 0.6 is 0 Å². The molecule has 0 saturated carbocycles. The van der Waals surface area contributed by atoms with Crippen molar-refractivity contribution in [1.29, 1.82) is 0 Å². The Morgan fingerprint density at radius 1 is 0.451 bits per heavy atom. The van der Waals surface area contributed by atoms with Gasteiger partial charge in [-0.2, -0.15) is 0 Å². The quantitative estimate of drug-likeness (QED) is 0.0259. The molecule has 2 fully saturated rings. The van der Waals surface area contributed by atoms with Gasteiger partial charge in [-0.3, -0.25) is 4.79 Å². The molecular weight excluding hydrogens is 907 g/mol. The van der Waals surface area contributed by atoms with Crippen molar-refractivity contribution in [3.63, 3.8) is 0 Å². The summed E-state index contributed by atoms with van der Waals surface area (Å²) in [5.74, 6) is -0.200. The molecule has 0 bridgehead atoms. The lowest BCUT2D eigenvalue weighted by atomic mass is 9.97. The standard InChI is InChI=1S/C57H111NO13/c1-3-5-7-9-11-13-15-17-19-20-21-22-23-24-25-27-29-31-33-35-37-39-41-49(62)58-45(46(61)40-38-36-34-32-30-28-26-18-16-14-12-10-8-6-4-2)44-68-56-54(67)52(65)55(48(43-60)70-56)71-57-53(66)51(64)50(63)47(42-59)69-57/h45-48,50-57,59-61,63-67H,3-44H2,1-2H3,(H,58,62). The molecule has 0 aromatic heterocycles. The van der Waals surface area contributed by atoms with Crippen LogP contribution in [0.4, 0.5) is 0 Å². The number of aliphatic hydroxyl groups excluding tert-OH is 8. The Hall–Kier alpha value is -1.01. The zero-order valence-electron chi connectivity index (χ0n) is 45.2. The highest BCUT2D eigenvalue weighted by Gasteiger charge is 2.51. The molecule has 0 aromatic carbocycles. The maximum atomic E-state index is 13.3. The van der Waals surface area contributed by atoms with Crippen LogP contribution in [-0.4, -0.2) is 140 Å². The average Bonchev–Trinajstić information content (AvgIpc) is 3.37. The topological polar surface area (TPSA) is 228 Å². The normalized spacial score (nSPS) is 25.7. The Morgan fingerprint density at radius 3 is 1.20 bits per heavy atom. The van der Waals surface area contributed by atoms with Gasteiger partial charge in [-0.25, -0.2) is 0 Å². The molecule has 2 aliphatic heterocycles. The van der Waals surface area contributed by atoms with Crippen molar-refractivity contribution in [3.05, 3.63) is 0 Å². The lowest BCUT2D eigenvalue weighted by molar-refractivity contribution is -0.359. The summed E-state index contributed by atoms with van der Waals surface area (Å²) >= 11 is 0. The van der Waals surface area contributed by atoms with Crippen LogP contribution in [0.5, 0.6) is 0 Å². The molecule has 0 aromatic rings. The maximum absolute atomic E-state index is 13.3. The molecule has 12 unspecified atom stereocenters. The molecule has 14 nitrogen and oxygen atoms in total. The Bertz CT molecular complexity index is 1200. The van der Waals surface area contributed by atoms with Crippen molar-refractivity contribution in [1.82, 2.24) is 5.32 Å². The van der Waals surface area contributed by atoms with Crippen LogP contribution in [0.15, 0.2) is 0 Å². The van der Waals surface area contributed by atoms with Crippen LogP contribution in [0.1, 0.15) is 264 Å². The van der Waals surface area contributed by atoms with E-state index in [1.807, 2.05) is 0 Å². The first-order chi connectivity index (χ1) is 34.6. The van der Waals surface area contributed by atoms with E-state index in [-0.39, 0.29) is 12.5 Å². The summed E-state index contributed by atoms with van der Waals surface area (Å²) in [5.41, 5.74) is 0. The summed E-state index contributed by atoms with van der Waals surface area (Å²) < 4.78 is 22.8. The molecule has 2 aliphatic rings. The van der Waals surface area contributed by atoms with Crippen LogP contribution in [-0.2, 0) is 23.7 Å². The molecule has 14 heteroatoms. The van der Waals surface area contributed by atoms with E-state index < -0.39 is 86.8 Å². The minimum absolute atomic E-state index is 0.200. The number of rotatable bonds is 48. The first kappa shape index (κ1) is 66.1. The molecule has 0 radical (unpaired) electrons. The third kappa shape index (κ3) is 30.4. The zero-order valence-corrected chi connectivity index (χ0v) is 45.2. The van der Waals surface area contributed by atoms with Gasteiger partial charge in [-0.05, 0) is 12.8 Å². The molecule has 1 amide bonds. The number of ether oxygens (including phenoxy) is 4. The summed E-state index contributed by atoms with van der Waals surface area (Å²) in [6.07, 6.45) is 31.0. The zero-order chi connectivity index (χ0) is 51.7. The summed E-state index contributed by atoms with van der Waals surface area (Å²) in [7, 11) is 0. The summed E-state index contributed by atoms with van der Waals surface area (Å²) in [5, 5.41) is 87.2. The van der Waals surface area contributed by atoms with Gasteiger partial charge in [-0.15, -0.1) is 0 Å². The molecule has 2 heterocycles. The first-order valence-corrected chi connectivity index (χ1v) is 29.8. The summed E-state index contributed by atoms with van der Waals surface area (Å²) in [6.45, 7) is 2.89. The molecule has 9 N–H and O–H groups in total. The van der Waals surface area contributed by atoms with Gasteiger partial charge in [0.1, 0.15) is 48.8 Å². The number of hydrogen-bond donors (Lipinski definition) is 9. The van der Waals surface area contributed by atoms with E-state index in [4.69, 9.17) is 18.9 Å². The van der Waals surface area contributed by atoms with E-state index in [9.17, 15) is 45.6 Å². The minimum atomic E-state index is -1.78. The van der Waals surface area contributed by atoms with E-state index in [1.54, 1.807) is 0 Å². The molecule has 12 atom stereocenters. The highest BCUT2D eigenvalue weighted by atomic mass is 16.7. The predicted octanol–water partition coefficient (Wildman–Crippen LogP) is 9.73. The van der Waals surface area contributed by atoms with Gasteiger partial charge in [0.2, 0.25) is 5.91 Å². The fraction of sp³-hybridized carbons (Fsp3) is 0.982. The van der Waals surface area contributed by atoms with Crippen molar-refractivity contribution >= 4 is 5.91 Å². The Morgan fingerprint density at radius 2 is 0.803 bits per heavy atom. The van der Waals surface area contributed by atoms with Gasteiger partial charge in [0.25, 0.3) is 0 Å². The number of amides is 1. The van der Waals surface area contributed by atoms with E-state index in [0.29, 0.717) is 12.8 Å². The van der Waals surface area contributed by atoms with E-state index in [2.05, 4.69) is 19.2 Å². The number of hydrogen-bond acceptors (Lipinski definition) is 13. The Kier molecular flexibility index (Phi) is 41.1. The second-order valence-electron chi connectivity index (χ2n) is 21.5. The second-order valence-corrected chi connectivity index (χ2v) is 21.5. The number of aliphatic hydroxyl groups is 8. The highest BCUT2D eigenvalue weighted by Crippen LogP contribution is 2.30. The molecule has 422 valence electrons. The molecule has 2 saturated heterocycles. The van der Waals surface area contributed by atoms with E-state index >= 15 is 0 Å². The molecule has 71 heavy (non-hydrogen) atoms. The third-order valence-corrected chi connectivity index (χ3v) is 15.1. The summed E-state index contributed by atoms with van der Waals surface area (Å²) in [4.78, 5) is 13.3. The number of nitrogens with one attached hydrogen (secondary N) is 1. The number of carbonyl (C=O) groups is 1. The van der Waals surface area contributed by atoms with Gasteiger partial charge in [0.05, 0.1) is 32.0 Å². The van der Waals surface area contributed by atoms with Gasteiger partial charge >= 0.3 is 0 Å². The van der Waals surface area contributed by atoms with Crippen molar-refractivity contribution in [2.75, 3.05) is 19.8 Å². The SMILES string of the molecule is CCCCCCCCCCCCCCCCCCCCCCCCC(=O)NC(COC1OC(CO)C(OC2OC(CO)C(O)C(O)C2O)C(O)C1O)C(O)CCCCCCCCCCCCCCCCC. The van der Waals surface area contributed by atoms with Crippen molar-refractivity contribution in [2.24, 2.45) is 0 Å². The highest BCUT2D eigenvalue weighted by molar-refractivity contribution is 5.76. The summed E-state index contributed by atoms with van der Waals surface area (Å²) in [6, 6.07) is -0.822. The monoisotopic (exact) mass is 1020 g/mol. The number of carbonyl (C=O) groups excluding carboxylic acids is 1. The third-order valence-electron chi connectivity index (χ3n) is 15.1. The van der Waals surface area contributed by atoms with Crippen LogP contribution < -0.4 is 5.32 Å². The fourth-order valence-corrected chi connectivity index (χ4v) is 10.2. The van der Waals surface area contributed by atoms with Crippen LogP contribution in [0.25, 0.3) is 0 Å².